The molecule has 20 heavy (non-hydrogen) atoms. The smallest absolute Gasteiger partial charge is 0.234 e. The van der Waals surface area contributed by atoms with Gasteiger partial charge in [0.05, 0.1) is 24.5 Å². The van der Waals surface area contributed by atoms with Gasteiger partial charge in [0, 0.05) is 19.0 Å². The van der Waals surface area contributed by atoms with Crippen LogP contribution in [-0.4, -0.2) is 45.5 Å². The molecule has 1 aromatic heterocycles. The van der Waals surface area contributed by atoms with Crippen LogP contribution in [0, 0.1) is 0 Å². The number of amides is 1. The largest absolute Gasteiger partial charge is 0.474 e. The van der Waals surface area contributed by atoms with Crippen molar-refractivity contribution in [2.45, 2.75) is 51.3 Å². The minimum Gasteiger partial charge on any atom is -0.474 e. The number of hydrogen-bond donors (Lipinski definition) is 1. The van der Waals surface area contributed by atoms with Crippen LogP contribution < -0.4 is 10.1 Å². The van der Waals surface area contributed by atoms with E-state index in [9.17, 15) is 4.79 Å². The van der Waals surface area contributed by atoms with Crippen LogP contribution in [0.5, 0.6) is 5.88 Å². The lowest BCUT2D eigenvalue weighted by atomic mass is 10.2. The summed E-state index contributed by atoms with van der Waals surface area (Å²) < 4.78 is 5.52. The van der Waals surface area contributed by atoms with Crippen LogP contribution in [0.1, 0.15) is 33.1 Å². The van der Waals surface area contributed by atoms with Gasteiger partial charge in [0.25, 0.3) is 0 Å². The maximum atomic E-state index is 11.9. The summed E-state index contributed by atoms with van der Waals surface area (Å²) in [5, 5.41) is 3.28. The Kier molecular flexibility index (Phi) is 3.46. The van der Waals surface area contributed by atoms with E-state index in [0.29, 0.717) is 24.2 Å². The van der Waals surface area contributed by atoms with Crippen molar-refractivity contribution in [1.82, 2.24) is 14.9 Å². The third-order valence-corrected chi connectivity index (χ3v) is 3.47. The molecule has 6 nitrogen and oxygen atoms in total. The van der Waals surface area contributed by atoms with Gasteiger partial charge in [-0.2, -0.15) is 4.98 Å². The van der Waals surface area contributed by atoms with Gasteiger partial charge in [-0.15, -0.1) is 0 Å². The van der Waals surface area contributed by atoms with Crippen LogP contribution in [0.25, 0.3) is 0 Å². The van der Waals surface area contributed by atoms with Crippen LogP contribution in [0.15, 0.2) is 12.4 Å². The molecule has 1 aliphatic carbocycles. The Labute approximate surface area is 118 Å². The standard InChI is InChI=1S/C14H20N4O2/c1-9(2)20-13-7-15-6-12(17-13)16-10-5-14(19)18(8-10)11-3-4-11/h6-7,9-11H,3-5,8H2,1-2H3,(H,16,17). The Morgan fingerprint density at radius 2 is 2.20 bits per heavy atom. The van der Waals surface area contributed by atoms with Crippen molar-refractivity contribution in [2.24, 2.45) is 0 Å². The Balaban J connectivity index is 1.61. The lowest BCUT2D eigenvalue weighted by Crippen LogP contribution is -2.30. The second-order valence-electron chi connectivity index (χ2n) is 5.73. The summed E-state index contributed by atoms with van der Waals surface area (Å²) in [6.45, 7) is 4.66. The number of hydrogen-bond acceptors (Lipinski definition) is 5. The van der Waals surface area contributed by atoms with Gasteiger partial charge < -0.3 is 15.0 Å². The first-order valence-electron chi connectivity index (χ1n) is 7.16. The molecule has 0 spiro atoms. The van der Waals surface area contributed by atoms with Gasteiger partial charge in [-0.3, -0.25) is 9.78 Å². The third-order valence-electron chi connectivity index (χ3n) is 3.47. The lowest BCUT2D eigenvalue weighted by Gasteiger charge is -2.16. The minimum absolute atomic E-state index is 0.0676. The molecule has 1 aliphatic heterocycles. The predicted molar refractivity (Wildman–Crippen MR) is 74.6 cm³/mol. The molecule has 2 fully saturated rings. The molecule has 1 atom stereocenters. The van der Waals surface area contributed by atoms with Crippen LogP contribution in [0.2, 0.25) is 0 Å². The van der Waals surface area contributed by atoms with E-state index in [2.05, 4.69) is 15.3 Å². The lowest BCUT2D eigenvalue weighted by molar-refractivity contribution is -0.128. The van der Waals surface area contributed by atoms with Crippen LogP contribution >= 0.6 is 0 Å². The average molecular weight is 276 g/mol. The summed E-state index contributed by atoms with van der Waals surface area (Å²) >= 11 is 0. The van der Waals surface area contributed by atoms with Crippen molar-refractivity contribution in [3.63, 3.8) is 0 Å². The van der Waals surface area contributed by atoms with Gasteiger partial charge in [0.15, 0.2) is 0 Å². The first kappa shape index (κ1) is 13.1. The fourth-order valence-corrected chi connectivity index (χ4v) is 2.49. The average Bonchev–Trinajstić information content (AvgIpc) is 3.14. The summed E-state index contributed by atoms with van der Waals surface area (Å²) in [4.78, 5) is 22.4. The second kappa shape index (κ2) is 5.26. The molecular weight excluding hydrogens is 256 g/mol. The number of carbonyl (C=O) groups excluding carboxylic acids is 1. The first-order valence-corrected chi connectivity index (χ1v) is 7.16. The highest BCUT2D eigenvalue weighted by Gasteiger charge is 2.39. The number of carbonyl (C=O) groups is 1. The van der Waals surface area contributed by atoms with E-state index in [1.807, 2.05) is 18.7 Å². The molecular formula is C14H20N4O2. The summed E-state index contributed by atoms with van der Waals surface area (Å²) in [7, 11) is 0. The van der Waals surface area contributed by atoms with Gasteiger partial charge in [0.1, 0.15) is 5.82 Å². The zero-order valence-corrected chi connectivity index (χ0v) is 11.9. The maximum Gasteiger partial charge on any atom is 0.234 e. The number of ether oxygens (including phenoxy) is 1. The van der Waals surface area contributed by atoms with Crippen molar-refractivity contribution in [3.05, 3.63) is 12.4 Å². The molecule has 1 saturated carbocycles. The highest BCUT2D eigenvalue weighted by atomic mass is 16.5. The van der Waals surface area contributed by atoms with Crippen LogP contribution in [0.3, 0.4) is 0 Å². The molecule has 0 bridgehead atoms. The topological polar surface area (TPSA) is 67.3 Å². The molecule has 2 heterocycles. The van der Waals surface area contributed by atoms with E-state index in [1.54, 1.807) is 12.4 Å². The molecule has 108 valence electrons. The van der Waals surface area contributed by atoms with Crippen molar-refractivity contribution < 1.29 is 9.53 Å². The molecule has 0 aromatic carbocycles. The number of aromatic nitrogens is 2. The maximum absolute atomic E-state index is 11.9. The fourth-order valence-electron chi connectivity index (χ4n) is 2.49. The quantitative estimate of drug-likeness (QED) is 0.881. The summed E-state index contributed by atoms with van der Waals surface area (Å²) in [5.74, 6) is 1.42. The van der Waals surface area contributed by atoms with Gasteiger partial charge in [-0.1, -0.05) is 0 Å². The van der Waals surface area contributed by atoms with Gasteiger partial charge in [-0.05, 0) is 26.7 Å². The third kappa shape index (κ3) is 3.00. The van der Waals surface area contributed by atoms with Crippen LogP contribution in [-0.2, 0) is 4.79 Å². The predicted octanol–water partition coefficient (Wildman–Crippen LogP) is 1.44. The monoisotopic (exact) mass is 276 g/mol. The normalized spacial score (nSPS) is 22.4. The van der Waals surface area contributed by atoms with E-state index in [1.165, 1.54) is 0 Å². The molecule has 3 rings (SSSR count). The Morgan fingerprint density at radius 3 is 2.90 bits per heavy atom. The summed E-state index contributed by atoms with van der Waals surface area (Å²) in [6, 6.07) is 0.600. The fraction of sp³-hybridized carbons (Fsp3) is 0.643. The van der Waals surface area contributed by atoms with E-state index in [-0.39, 0.29) is 18.1 Å². The molecule has 1 aromatic rings. The Morgan fingerprint density at radius 1 is 1.40 bits per heavy atom. The number of anilines is 1. The summed E-state index contributed by atoms with van der Waals surface area (Å²) in [6.07, 6.45) is 6.16. The number of nitrogens with zero attached hydrogens (tertiary/aromatic N) is 3. The molecule has 1 amide bonds. The zero-order chi connectivity index (χ0) is 14.1. The Bertz CT molecular complexity index is 502. The van der Waals surface area contributed by atoms with Crippen molar-refractivity contribution in [2.75, 3.05) is 11.9 Å². The van der Waals surface area contributed by atoms with Crippen molar-refractivity contribution in [3.8, 4) is 5.88 Å². The molecule has 6 heteroatoms. The molecule has 2 aliphatic rings. The van der Waals surface area contributed by atoms with E-state index < -0.39 is 0 Å². The summed E-state index contributed by atoms with van der Waals surface area (Å²) in [5.41, 5.74) is 0. The van der Waals surface area contributed by atoms with Gasteiger partial charge in [-0.25, -0.2) is 0 Å². The second-order valence-corrected chi connectivity index (χ2v) is 5.73. The van der Waals surface area contributed by atoms with Gasteiger partial charge >= 0.3 is 0 Å². The number of nitrogens with one attached hydrogen (secondary N) is 1. The molecule has 0 radical (unpaired) electrons. The first-order chi connectivity index (χ1) is 9.61. The minimum atomic E-state index is 0.0676. The number of rotatable bonds is 5. The van der Waals surface area contributed by atoms with Gasteiger partial charge in [0.2, 0.25) is 11.8 Å². The van der Waals surface area contributed by atoms with Crippen LogP contribution in [0.4, 0.5) is 5.82 Å². The zero-order valence-electron chi connectivity index (χ0n) is 11.9. The van der Waals surface area contributed by atoms with E-state index >= 15 is 0 Å². The van der Waals surface area contributed by atoms with E-state index in [4.69, 9.17) is 4.74 Å². The van der Waals surface area contributed by atoms with Crippen molar-refractivity contribution >= 4 is 11.7 Å². The highest BCUT2D eigenvalue weighted by molar-refractivity contribution is 5.80. The number of likely N-dealkylation sites (tertiary alicyclic amines) is 1. The highest BCUT2D eigenvalue weighted by Crippen LogP contribution is 2.31. The molecule has 1 saturated heterocycles. The Hall–Kier alpha value is -1.85. The SMILES string of the molecule is CC(C)Oc1cncc(NC2CC(=O)N(C3CC3)C2)n1. The molecule has 1 unspecified atom stereocenters. The molecule has 1 N–H and O–H groups in total. The van der Waals surface area contributed by atoms with E-state index in [0.717, 1.165) is 19.4 Å². The van der Waals surface area contributed by atoms with Crippen molar-refractivity contribution in [1.29, 1.82) is 0 Å².